The summed E-state index contributed by atoms with van der Waals surface area (Å²) in [4.78, 5) is 36.8. The topological polar surface area (TPSA) is 82.8 Å². The average Bonchev–Trinajstić information content (AvgIpc) is 3.23. The van der Waals surface area contributed by atoms with Crippen molar-refractivity contribution < 1.29 is 19.1 Å². The van der Waals surface area contributed by atoms with Crippen molar-refractivity contribution in [3.05, 3.63) is 76.2 Å². The first-order chi connectivity index (χ1) is 18.7. The van der Waals surface area contributed by atoms with Crippen molar-refractivity contribution in [2.75, 3.05) is 19.8 Å². The largest absolute Gasteiger partial charge is 0.463 e. The summed E-state index contributed by atoms with van der Waals surface area (Å²) in [5, 5.41) is 0.504. The fourth-order valence-corrected chi connectivity index (χ4v) is 6.02. The van der Waals surface area contributed by atoms with Crippen LogP contribution in [0.2, 0.25) is 5.02 Å². The van der Waals surface area contributed by atoms with Crippen LogP contribution >= 0.6 is 11.6 Å². The Balaban J connectivity index is 1.49. The summed E-state index contributed by atoms with van der Waals surface area (Å²) in [5.41, 5.74) is 3.84. The first-order valence-electron chi connectivity index (χ1n) is 13.5. The second-order valence-electron chi connectivity index (χ2n) is 10.8. The number of hydrogen-bond donors (Lipinski definition) is 0. The Morgan fingerprint density at radius 2 is 1.87 bits per heavy atom. The van der Waals surface area contributed by atoms with Crippen LogP contribution in [0.1, 0.15) is 50.9 Å². The number of para-hydroxylation sites is 2. The highest BCUT2D eigenvalue weighted by Gasteiger charge is 2.50. The highest BCUT2D eigenvalue weighted by Crippen LogP contribution is 2.48. The van der Waals surface area contributed by atoms with E-state index in [1.165, 1.54) is 0 Å². The van der Waals surface area contributed by atoms with Crippen LogP contribution in [0.5, 0.6) is 0 Å². The van der Waals surface area contributed by atoms with Gasteiger partial charge in [0.05, 0.1) is 48.0 Å². The van der Waals surface area contributed by atoms with E-state index in [0.717, 1.165) is 28.1 Å². The summed E-state index contributed by atoms with van der Waals surface area (Å²) in [6.45, 7) is 9.00. The number of fused-ring (bicyclic) bond motifs is 2. The predicted molar refractivity (Wildman–Crippen MR) is 152 cm³/mol. The molecule has 2 aromatic carbocycles. The molecule has 0 bridgehead atoms. The third kappa shape index (κ3) is 5.18. The van der Waals surface area contributed by atoms with Crippen LogP contribution in [0.25, 0.3) is 11.0 Å². The van der Waals surface area contributed by atoms with Crippen LogP contribution in [0.4, 0.5) is 0 Å². The molecular weight excluding hydrogens is 514 g/mol. The highest BCUT2D eigenvalue weighted by molar-refractivity contribution is 6.31. The van der Waals surface area contributed by atoms with Gasteiger partial charge in [-0.1, -0.05) is 55.8 Å². The van der Waals surface area contributed by atoms with Crippen molar-refractivity contribution in [3.63, 3.8) is 0 Å². The SMILES string of the molecule is CCOC(=O)C1=C(COCCn2c(C)nc3ccccc32)N=C2CCC(C)(C)C(=O)C2C1c1ccccc1Cl. The van der Waals surface area contributed by atoms with E-state index in [1.54, 1.807) is 13.0 Å². The lowest BCUT2D eigenvalue weighted by molar-refractivity contribution is -0.139. The summed E-state index contributed by atoms with van der Waals surface area (Å²) in [5.74, 6) is -0.667. The van der Waals surface area contributed by atoms with Gasteiger partial charge in [0.2, 0.25) is 0 Å². The molecule has 1 aliphatic carbocycles. The van der Waals surface area contributed by atoms with Crippen LogP contribution in [0.3, 0.4) is 0 Å². The lowest BCUT2D eigenvalue weighted by Gasteiger charge is -2.41. The molecule has 1 aromatic heterocycles. The molecule has 2 atom stereocenters. The zero-order valence-electron chi connectivity index (χ0n) is 22.9. The second kappa shape index (κ2) is 11.1. The molecule has 2 aliphatic rings. The monoisotopic (exact) mass is 547 g/mol. The molecule has 204 valence electrons. The third-order valence-corrected chi connectivity index (χ3v) is 8.17. The van der Waals surface area contributed by atoms with Crippen molar-refractivity contribution in [2.45, 2.75) is 53.0 Å². The number of carbonyl (C=O) groups is 2. The number of hydrogen-bond acceptors (Lipinski definition) is 6. The van der Waals surface area contributed by atoms with E-state index in [0.29, 0.717) is 42.3 Å². The van der Waals surface area contributed by atoms with Crippen LogP contribution in [0, 0.1) is 18.3 Å². The van der Waals surface area contributed by atoms with Crippen LogP contribution in [-0.4, -0.2) is 46.8 Å². The van der Waals surface area contributed by atoms with Gasteiger partial charge in [0.15, 0.2) is 0 Å². The first-order valence-corrected chi connectivity index (χ1v) is 13.9. The number of aromatic nitrogens is 2. The molecule has 0 saturated heterocycles. The van der Waals surface area contributed by atoms with Gasteiger partial charge in [0.25, 0.3) is 0 Å². The number of nitrogens with zero attached hydrogens (tertiary/aromatic N) is 3. The standard InChI is InChI=1S/C31H34ClN3O4/c1-5-39-30(37)28-24(18-38-17-16-35-19(2)33-22-12-8-9-13-25(22)35)34-23-14-15-31(3,4)29(36)27(23)26(28)20-10-6-7-11-21(20)32/h6-13,26-27H,5,14-18H2,1-4H3. The molecule has 2 unspecified atom stereocenters. The summed E-state index contributed by atoms with van der Waals surface area (Å²) < 4.78 is 13.8. The Hall–Kier alpha value is -3.29. The Bertz CT molecular complexity index is 1490. The molecule has 2 heterocycles. The predicted octanol–water partition coefficient (Wildman–Crippen LogP) is 6.08. The molecule has 1 fully saturated rings. The number of halogens is 1. The quantitative estimate of drug-likeness (QED) is 0.252. The van der Waals surface area contributed by atoms with E-state index in [9.17, 15) is 9.59 Å². The summed E-state index contributed by atoms with van der Waals surface area (Å²) >= 11 is 6.68. The molecule has 0 radical (unpaired) electrons. The zero-order chi connectivity index (χ0) is 27.7. The van der Waals surface area contributed by atoms with Crippen molar-refractivity contribution in [1.82, 2.24) is 9.55 Å². The molecule has 7 nitrogen and oxygen atoms in total. The maximum atomic E-state index is 13.8. The van der Waals surface area contributed by atoms with Crippen LogP contribution in [0.15, 0.2) is 64.8 Å². The molecule has 5 rings (SSSR count). The summed E-state index contributed by atoms with van der Waals surface area (Å²) in [7, 11) is 0. The van der Waals surface area contributed by atoms with Crippen molar-refractivity contribution >= 4 is 40.1 Å². The Morgan fingerprint density at radius 3 is 2.64 bits per heavy atom. The van der Waals surface area contributed by atoms with E-state index >= 15 is 0 Å². The van der Waals surface area contributed by atoms with Gasteiger partial charge in [-0.05, 0) is 50.5 Å². The van der Waals surface area contributed by atoms with Gasteiger partial charge in [-0.2, -0.15) is 0 Å². The highest BCUT2D eigenvalue weighted by atomic mass is 35.5. The lowest BCUT2D eigenvalue weighted by Crippen LogP contribution is -2.46. The molecular formula is C31H34ClN3O4. The molecule has 0 spiro atoms. The van der Waals surface area contributed by atoms with E-state index in [-0.39, 0.29) is 19.0 Å². The van der Waals surface area contributed by atoms with Gasteiger partial charge in [-0.25, -0.2) is 9.78 Å². The summed E-state index contributed by atoms with van der Waals surface area (Å²) in [6.07, 6.45) is 1.37. The maximum absolute atomic E-state index is 13.8. The second-order valence-corrected chi connectivity index (χ2v) is 11.2. The first kappa shape index (κ1) is 27.3. The minimum Gasteiger partial charge on any atom is -0.463 e. The van der Waals surface area contributed by atoms with Crippen LogP contribution < -0.4 is 0 Å². The van der Waals surface area contributed by atoms with Crippen LogP contribution in [-0.2, 0) is 25.6 Å². The Morgan fingerprint density at radius 1 is 1.13 bits per heavy atom. The Kier molecular flexibility index (Phi) is 7.74. The number of esters is 1. The minimum absolute atomic E-state index is 0.0710. The van der Waals surface area contributed by atoms with E-state index in [2.05, 4.69) is 9.55 Å². The van der Waals surface area contributed by atoms with E-state index in [1.807, 2.05) is 63.2 Å². The normalized spacial score (nSPS) is 20.6. The van der Waals surface area contributed by atoms with E-state index < -0.39 is 23.2 Å². The number of imidazole rings is 1. The number of aryl methyl sites for hydroxylation is 1. The molecule has 1 aliphatic heterocycles. The number of Topliss-reactive ketones (excluding diaryl/α,β-unsaturated/α-hetero) is 1. The number of aliphatic imine (C=N–C) groups is 1. The number of carbonyl (C=O) groups excluding carboxylic acids is 2. The maximum Gasteiger partial charge on any atom is 0.336 e. The van der Waals surface area contributed by atoms with Crippen molar-refractivity contribution in [1.29, 1.82) is 0 Å². The number of ketones is 1. The fourth-order valence-electron chi connectivity index (χ4n) is 5.77. The van der Waals surface area contributed by atoms with E-state index in [4.69, 9.17) is 26.1 Å². The molecule has 3 aromatic rings. The van der Waals surface area contributed by atoms with Crippen molar-refractivity contribution in [2.24, 2.45) is 16.3 Å². The molecule has 0 N–H and O–H groups in total. The van der Waals surface area contributed by atoms with Gasteiger partial charge >= 0.3 is 5.97 Å². The van der Waals surface area contributed by atoms with Gasteiger partial charge in [-0.15, -0.1) is 0 Å². The molecule has 1 saturated carbocycles. The Labute approximate surface area is 233 Å². The zero-order valence-corrected chi connectivity index (χ0v) is 23.6. The third-order valence-electron chi connectivity index (χ3n) is 7.83. The van der Waals surface area contributed by atoms with Gasteiger partial charge in [-0.3, -0.25) is 9.79 Å². The number of rotatable bonds is 8. The van der Waals surface area contributed by atoms with Crippen molar-refractivity contribution in [3.8, 4) is 0 Å². The fraction of sp³-hybridized carbons (Fsp3) is 0.419. The molecule has 8 heteroatoms. The van der Waals surface area contributed by atoms with Gasteiger partial charge in [0, 0.05) is 28.6 Å². The average molecular weight is 548 g/mol. The smallest absolute Gasteiger partial charge is 0.336 e. The lowest BCUT2D eigenvalue weighted by atomic mass is 9.62. The van der Waals surface area contributed by atoms with Gasteiger partial charge in [0.1, 0.15) is 11.6 Å². The minimum atomic E-state index is -0.587. The number of ether oxygens (including phenoxy) is 2. The molecule has 0 amide bonds. The van der Waals surface area contributed by atoms with Gasteiger partial charge < -0.3 is 14.0 Å². The number of benzene rings is 2. The summed E-state index contributed by atoms with van der Waals surface area (Å²) in [6, 6.07) is 15.4. The molecule has 39 heavy (non-hydrogen) atoms.